The largest absolute Gasteiger partial charge is 0.481 e. The summed E-state index contributed by atoms with van der Waals surface area (Å²) in [5.74, 6) is 0.624. The van der Waals surface area contributed by atoms with E-state index in [0.717, 1.165) is 28.6 Å². The molecule has 2 aromatic rings. The highest BCUT2D eigenvalue weighted by Gasteiger charge is 2.26. The van der Waals surface area contributed by atoms with Crippen LogP contribution in [0.2, 0.25) is 0 Å². The Morgan fingerprint density at radius 1 is 1.47 bits per heavy atom. The molecule has 0 saturated heterocycles. The Bertz CT molecular complexity index is 558. The number of aryl methyl sites for hydroxylation is 1. The lowest BCUT2D eigenvalue weighted by Gasteiger charge is -2.22. The van der Waals surface area contributed by atoms with Crippen molar-refractivity contribution in [3.63, 3.8) is 0 Å². The monoisotopic (exact) mass is 252 g/mol. The minimum absolute atomic E-state index is 0.114. The zero-order valence-corrected chi connectivity index (χ0v) is 9.98. The Hall–Kier alpha value is -1.50. The molecule has 2 aromatic heterocycles. The maximum absolute atomic E-state index is 10.5. The second-order valence-electron chi connectivity index (χ2n) is 4.27. The van der Waals surface area contributed by atoms with Gasteiger partial charge in [0, 0.05) is 12.3 Å². The maximum atomic E-state index is 10.5. The van der Waals surface area contributed by atoms with E-state index in [1.54, 1.807) is 4.52 Å². The molecule has 1 aliphatic rings. The summed E-state index contributed by atoms with van der Waals surface area (Å²) in [5.41, 5.74) is 0. The van der Waals surface area contributed by atoms with E-state index in [9.17, 15) is 4.79 Å². The first-order valence-corrected chi connectivity index (χ1v) is 6.48. The first kappa shape index (κ1) is 10.6. The Labute approximate surface area is 101 Å². The number of rotatable bonds is 4. The number of nitrogens with zero attached hydrogens (tertiary/aromatic N) is 4. The summed E-state index contributed by atoms with van der Waals surface area (Å²) in [4.78, 5) is 11.3. The third-order valence-electron chi connectivity index (χ3n) is 3.08. The van der Waals surface area contributed by atoms with Gasteiger partial charge in [-0.1, -0.05) is 17.8 Å². The molecule has 0 spiro atoms. The molecule has 1 N–H and O–H groups in total. The molecule has 1 saturated carbocycles. The second kappa shape index (κ2) is 4.06. The van der Waals surface area contributed by atoms with Crippen LogP contribution < -0.4 is 0 Å². The summed E-state index contributed by atoms with van der Waals surface area (Å²) in [6, 6.07) is 0. The SMILES string of the molecule is O=C(O)CCc1nn2c(C3CCC3)nnc2s1. The number of carbonyl (C=O) groups is 1. The van der Waals surface area contributed by atoms with Crippen molar-refractivity contribution in [1.82, 2.24) is 19.8 Å². The topological polar surface area (TPSA) is 80.4 Å². The van der Waals surface area contributed by atoms with Crippen molar-refractivity contribution in [2.24, 2.45) is 0 Å². The van der Waals surface area contributed by atoms with Gasteiger partial charge in [0.05, 0.1) is 6.42 Å². The molecule has 6 nitrogen and oxygen atoms in total. The van der Waals surface area contributed by atoms with Crippen molar-refractivity contribution in [1.29, 1.82) is 0 Å². The molecule has 1 fully saturated rings. The third kappa shape index (κ3) is 1.90. The first-order valence-electron chi connectivity index (χ1n) is 5.67. The van der Waals surface area contributed by atoms with E-state index < -0.39 is 5.97 Å². The molecule has 0 aromatic carbocycles. The van der Waals surface area contributed by atoms with Gasteiger partial charge in [-0.15, -0.1) is 10.2 Å². The van der Waals surface area contributed by atoms with Gasteiger partial charge < -0.3 is 5.11 Å². The van der Waals surface area contributed by atoms with Crippen LogP contribution in [-0.4, -0.2) is 30.9 Å². The minimum Gasteiger partial charge on any atom is -0.481 e. The van der Waals surface area contributed by atoms with Gasteiger partial charge in [-0.25, -0.2) is 0 Å². The average Bonchev–Trinajstić information content (AvgIpc) is 2.74. The van der Waals surface area contributed by atoms with E-state index in [-0.39, 0.29) is 6.42 Å². The number of aliphatic carboxylic acids is 1. The number of aromatic nitrogens is 4. The van der Waals surface area contributed by atoms with Crippen LogP contribution in [0.1, 0.15) is 42.4 Å². The van der Waals surface area contributed by atoms with Gasteiger partial charge in [0.2, 0.25) is 4.96 Å². The predicted molar refractivity (Wildman–Crippen MR) is 61.2 cm³/mol. The summed E-state index contributed by atoms with van der Waals surface area (Å²) in [5, 5.41) is 22.1. The Morgan fingerprint density at radius 2 is 2.29 bits per heavy atom. The molecule has 2 heterocycles. The van der Waals surface area contributed by atoms with Gasteiger partial charge in [0.1, 0.15) is 5.01 Å². The van der Waals surface area contributed by atoms with Crippen molar-refractivity contribution in [2.45, 2.75) is 38.0 Å². The van der Waals surface area contributed by atoms with Crippen molar-refractivity contribution in [2.75, 3.05) is 0 Å². The van der Waals surface area contributed by atoms with Crippen LogP contribution in [0.25, 0.3) is 4.96 Å². The summed E-state index contributed by atoms with van der Waals surface area (Å²) < 4.78 is 1.78. The van der Waals surface area contributed by atoms with Crippen molar-refractivity contribution >= 4 is 22.3 Å². The highest BCUT2D eigenvalue weighted by atomic mass is 32.1. The molecular weight excluding hydrogens is 240 g/mol. The molecule has 7 heteroatoms. The van der Waals surface area contributed by atoms with Crippen LogP contribution in [-0.2, 0) is 11.2 Å². The molecular formula is C10H12N4O2S. The van der Waals surface area contributed by atoms with Gasteiger partial charge in [-0.2, -0.15) is 9.61 Å². The maximum Gasteiger partial charge on any atom is 0.303 e. The fourth-order valence-corrected chi connectivity index (χ4v) is 2.75. The number of carboxylic acid groups (broad SMARTS) is 1. The van der Waals surface area contributed by atoms with Crippen LogP contribution in [0.5, 0.6) is 0 Å². The molecule has 0 atom stereocenters. The van der Waals surface area contributed by atoms with Crippen LogP contribution in [0.3, 0.4) is 0 Å². The van der Waals surface area contributed by atoms with Crippen LogP contribution in [0.4, 0.5) is 0 Å². The molecule has 0 unspecified atom stereocenters. The molecule has 3 rings (SSSR count). The minimum atomic E-state index is -0.796. The zero-order chi connectivity index (χ0) is 11.8. The molecule has 0 radical (unpaired) electrons. The lowest BCUT2D eigenvalue weighted by atomic mass is 9.85. The molecule has 0 aliphatic heterocycles. The Kier molecular flexibility index (Phi) is 2.54. The third-order valence-corrected chi connectivity index (χ3v) is 4.04. The van der Waals surface area contributed by atoms with E-state index in [2.05, 4.69) is 15.3 Å². The Balaban J connectivity index is 1.85. The fraction of sp³-hybridized carbons (Fsp3) is 0.600. The van der Waals surface area contributed by atoms with Gasteiger partial charge in [0.25, 0.3) is 0 Å². The van der Waals surface area contributed by atoms with Gasteiger partial charge in [0.15, 0.2) is 5.82 Å². The smallest absolute Gasteiger partial charge is 0.303 e. The molecule has 0 amide bonds. The van der Waals surface area contributed by atoms with E-state index in [1.165, 1.54) is 17.8 Å². The predicted octanol–water partition coefficient (Wildman–Crippen LogP) is 1.47. The zero-order valence-electron chi connectivity index (χ0n) is 9.17. The van der Waals surface area contributed by atoms with E-state index in [0.29, 0.717) is 12.3 Å². The lowest BCUT2D eigenvalue weighted by molar-refractivity contribution is -0.136. The van der Waals surface area contributed by atoms with E-state index >= 15 is 0 Å². The summed E-state index contributed by atoms with van der Waals surface area (Å²) in [6.07, 6.45) is 4.14. The number of carboxylic acids is 1. The van der Waals surface area contributed by atoms with Crippen LogP contribution in [0.15, 0.2) is 0 Å². The van der Waals surface area contributed by atoms with Crippen LogP contribution in [0, 0.1) is 0 Å². The van der Waals surface area contributed by atoms with Crippen molar-refractivity contribution in [3.8, 4) is 0 Å². The van der Waals surface area contributed by atoms with Crippen LogP contribution >= 0.6 is 11.3 Å². The highest BCUT2D eigenvalue weighted by molar-refractivity contribution is 7.16. The normalized spacial score (nSPS) is 16.2. The lowest BCUT2D eigenvalue weighted by Crippen LogP contribution is -2.13. The summed E-state index contributed by atoms with van der Waals surface area (Å²) in [6.45, 7) is 0. The molecule has 90 valence electrons. The number of fused-ring (bicyclic) bond motifs is 1. The molecule has 1 aliphatic carbocycles. The molecule has 0 bridgehead atoms. The van der Waals surface area contributed by atoms with Crippen molar-refractivity contribution in [3.05, 3.63) is 10.8 Å². The highest BCUT2D eigenvalue weighted by Crippen LogP contribution is 2.35. The quantitative estimate of drug-likeness (QED) is 0.891. The van der Waals surface area contributed by atoms with Gasteiger partial charge >= 0.3 is 5.97 Å². The molecule has 17 heavy (non-hydrogen) atoms. The average molecular weight is 252 g/mol. The summed E-state index contributed by atoms with van der Waals surface area (Å²) in [7, 11) is 0. The van der Waals surface area contributed by atoms with Gasteiger partial charge in [-0.3, -0.25) is 4.79 Å². The van der Waals surface area contributed by atoms with Gasteiger partial charge in [-0.05, 0) is 12.8 Å². The first-order chi connectivity index (χ1) is 8.24. The van der Waals surface area contributed by atoms with Crippen molar-refractivity contribution < 1.29 is 9.90 Å². The summed E-state index contributed by atoms with van der Waals surface area (Å²) >= 11 is 1.43. The van der Waals surface area contributed by atoms with E-state index in [1.807, 2.05) is 0 Å². The number of hydrogen-bond acceptors (Lipinski definition) is 5. The second-order valence-corrected chi connectivity index (χ2v) is 5.31. The Morgan fingerprint density at radius 3 is 2.94 bits per heavy atom. The standard InChI is InChI=1S/C10H12N4O2S/c15-8(16)5-4-7-13-14-9(6-2-1-3-6)11-12-10(14)17-7/h6H,1-5H2,(H,15,16). The number of hydrogen-bond donors (Lipinski definition) is 1. The van der Waals surface area contributed by atoms with E-state index in [4.69, 9.17) is 5.11 Å². The fourth-order valence-electron chi connectivity index (χ4n) is 1.91.